The minimum Gasteiger partial charge on any atom is -0.387 e. The number of hydrogen-bond acceptors (Lipinski definition) is 3. The third-order valence-electron chi connectivity index (χ3n) is 4.27. The maximum atomic E-state index is 12.2. The van der Waals surface area contributed by atoms with E-state index in [0.717, 1.165) is 30.0 Å². The molecule has 0 aromatic heterocycles. The first-order valence-electron chi connectivity index (χ1n) is 7.98. The van der Waals surface area contributed by atoms with Crippen LogP contribution in [0.15, 0.2) is 42.5 Å². The Hall–Kier alpha value is -1.47. The maximum absolute atomic E-state index is 12.2. The number of nitrogens with one attached hydrogen (secondary N) is 1. The van der Waals surface area contributed by atoms with Gasteiger partial charge in [-0.3, -0.25) is 0 Å². The Balaban J connectivity index is 1.66. The lowest BCUT2D eigenvalue weighted by molar-refractivity contribution is 0.181. The molecular formula is C17H22N2O3S. The Morgan fingerprint density at radius 1 is 1.04 bits per heavy atom. The van der Waals surface area contributed by atoms with Gasteiger partial charge in [-0.05, 0) is 35.2 Å². The van der Waals surface area contributed by atoms with Crippen molar-refractivity contribution in [3.05, 3.63) is 48.0 Å². The summed E-state index contributed by atoms with van der Waals surface area (Å²) in [6, 6.07) is 13.6. The number of rotatable bonds is 5. The topological polar surface area (TPSA) is 69.6 Å². The van der Waals surface area contributed by atoms with Gasteiger partial charge in [0.1, 0.15) is 0 Å². The molecule has 0 saturated carbocycles. The second kappa shape index (κ2) is 6.97. The fourth-order valence-corrected chi connectivity index (χ4v) is 4.20. The zero-order chi connectivity index (χ0) is 16.3. The van der Waals surface area contributed by atoms with Crippen LogP contribution in [-0.4, -0.2) is 37.5 Å². The standard InChI is InChI=1S/C17H22N2O3S/c20-17(13-18-23(21,22)19-10-4-1-5-11-19)16-9-8-14-6-2-3-7-15(14)12-16/h2-3,6-9,12,17-18,20H,1,4-5,10-11,13H2. The summed E-state index contributed by atoms with van der Waals surface area (Å²) in [5.74, 6) is 0. The molecule has 2 aromatic rings. The molecule has 2 N–H and O–H groups in total. The fourth-order valence-electron chi connectivity index (χ4n) is 2.91. The SMILES string of the molecule is O=S(=O)(NCC(O)c1ccc2ccccc2c1)N1CCCCC1. The molecule has 1 unspecified atom stereocenters. The van der Waals surface area contributed by atoms with Gasteiger partial charge in [-0.15, -0.1) is 0 Å². The van der Waals surface area contributed by atoms with Crippen molar-refractivity contribution in [2.45, 2.75) is 25.4 Å². The molecular weight excluding hydrogens is 312 g/mol. The Morgan fingerprint density at radius 2 is 1.74 bits per heavy atom. The molecule has 3 rings (SSSR count). The van der Waals surface area contributed by atoms with E-state index in [1.165, 1.54) is 4.31 Å². The lowest BCUT2D eigenvalue weighted by Gasteiger charge is -2.26. The third kappa shape index (κ3) is 3.90. The Morgan fingerprint density at radius 3 is 2.48 bits per heavy atom. The molecule has 1 aliphatic rings. The number of fused-ring (bicyclic) bond motifs is 1. The van der Waals surface area contributed by atoms with Crippen molar-refractivity contribution in [1.29, 1.82) is 0 Å². The highest BCUT2D eigenvalue weighted by molar-refractivity contribution is 7.87. The van der Waals surface area contributed by atoms with Crippen molar-refractivity contribution in [3.8, 4) is 0 Å². The van der Waals surface area contributed by atoms with E-state index < -0.39 is 16.3 Å². The lowest BCUT2D eigenvalue weighted by Crippen LogP contribution is -2.44. The van der Waals surface area contributed by atoms with Crippen molar-refractivity contribution < 1.29 is 13.5 Å². The predicted octanol–water partition coefficient (Wildman–Crippen LogP) is 2.19. The Kier molecular flexibility index (Phi) is 4.96. The van der Waals surface area contributed by atoms with Gasteiger partial charge in [0.25, 0.3) is 10.2 Å². The molecule has 23 heavy (non-hydrogen) atoms. The van der Waals surface area contributed by atoms with Crippen LogP contribution in [0.1, 0.15) is 30.9 Å². The first kappa shape index (κ1) is 16.4. The second-order valence-corrected chi connectivity index (χ2v) is 7.69. The van der Waals surface area contributed by atoms with Crippen LogP contribution in [0.4, 0.5) is 0 Å². The van der Waals surface area contributed by atoms with E-state index in [2.05, 4.69) is 4.72 Å². The molecule has 1 saturated heterocycles. The van der Waals surface area contributed by atoms with Gasteiger partial charge in [0.2, 0.25) is 0 Å². The smallest absolute Gasteiger partial charge is 0.279 e. The van der Waals surface area contributed by atoms with Crippen LogP contribution in [0, 0.1) is 0 Å². The molecule has 0 spiro atoms. The van der Waals surface area contributed by atoms with Gasteiger partial charge in [-0.2, -0.15) is 17.4 Å². The predicted molar refractivity (Wildman–Crippen MR) is 91.3 cm³/mol. The molecule has 0 bridgehead atoms. The molecule has 1 aliphatic heterocycles. The minimum atomic E-state index is -3.51. The van der Waals surface area contributed by atoms with E-state index in [9.17, 15) is 13.5 Å². The number of piperidine rings is 1. The summed E-state index contributed by atoms with van der Waals surface area (Å²) in [7, 11) is -3.51. The molecule has 1 heterocycles. The quantitative estimate of drug-likeness (QED) is 0.881. The van der Waals surface area contributed by atoms with Crippen LogP contribution >= 0.6 is 0 Å². The Labute approximate surface area is 137 Å². The van der Waals surface area contributed by atoms with Crippen LogP contribution in [0.5, 0.6) is 0 Å². The van der Waals surface area contributed by atoms with Crippen LogP contribution in [0.25, 0.3) is 10.8 Å². The highest BCUT2D eigenvalue weighted by Gasteiger charge is 2.24. The molecule has 124 valence electrons. The van der Waals surface area contributed by atoms with Crippen LogP contribution in [0.2, 0.25) is 0 Å². The third-order valence-corrected chi connectivity index (χ3v) is 5.85. The first-order valence-corrected chi connectivity index (χ1v) is 9.42. The van der Waals surface area contributed by atoms with Gasteiger partial charge in [-0.1, -0.05) is 42.8 Å². The average molecular weight is 334 g/mol. The largest absolute Gasteiger partial charge is 0.387 e. The zero-order valence-corrected chi connectivity index (χ0v) is 13.8. The van der Waals surface area contributed by atoms with Gasteiger partial charge in [0.05, 0.1) is 6.10 Å². The second-order valence-electron chi connectivity index (χ2n) is 5.94. The van der Waals surface area contributed by atoms with Crippen molar-refractivity contribution in [2.75, 3.05) is 19.6 Å². The summed E-state index contributed by atoms with van der Waals surface area (Å²) in [6.07, 6.45) is 2.01. The van der Waals surface area contributed by atoms with E-state index in [1.54, 1.807) is 0 Å². The summed E-state index contributed by atoms with van der Waals surface area (Å²) < 4.78 is 28.5. The maximum Gasteiger partial charge on any atom is 0.279 e. The molecule has 0 radical (unpaired) electrons. The Bertz CT molecular complexity index is 770. The van der Waals surface area contributed by atoms with Gasteiger partial charge >= 0.3 is 0 Å². The zero-order valence-electron chi connectivity index (χ0n) is 13.0. The normalized spacial score (nSPS) is 18.1. The summed E-state index contributed by atoms with van der Waals surface area (Å²) in [4.78, 5) is 0. The number of aliphatic hydroxyl groups is 1. The highest BCUT2D eigenvalue weighted by Crippen LogP contribution is 2.20. The van der Waals surface area contributed by atoms with Crippen molar-refractivity contribution in [2.24, 2.45) is 0 Å². The monoisotopic (exact) mass is 334 g/mol. The van der Waals surface area contributed by atoms with Crippen LogP contribution in [-0.2, 0) is 10.2 Å². The number of aliphatic hydroxyl groups excluding tert-OH is 1. The van der Waals surface area contributed by atoms with Gasteiger partial charge in [-0.25, -0.2) is 0 Å². The van der Waals surface area contributed by atoms with Gasteiger partial charge < -0.3 is 5.11 Å². The van der Waals surface area contributed by atoms with E-state index in [4.69, 9.17) is 0 Å². The van der Waals surface area contributed by atoms with Gasteiger partial charge in [0.15, 0.2) is 0 Å². The first-order chi connectivity index (χ1) is 11.1. The molecule has 1 fully saturated rings. The molecule has 0 aliphatic carbocycles. The fraction of sp³-hybridized carbons (Fsp3) is 0.412. The molecule has 2 aromatic carbocycles. The average Bonchev–Trinajstić information content (AvgIpc) is 2.60. The lowest BCUT2D eigenvalue weighted by atomic mass is 10.0. The molecule has 5 nitrogen and oxygen atoms in total. The van der Waals surface area contributed by atoms with Crippen molar-refractivity contribution in [1.82, 2.24) is 9.03 Å². The number of benzene rings is 2. The summed E-state index contributed by atoms with van der Waals surface area (Å²) in [5.41, 5.74) is 0.713. The molecule has 0 amide bonds. The summed E-state index contributed by atoms with van der Waals surface area (Å²) in [6.45, 7) is 1.10. The molecule has 6 heteroatoms. The summed E-state index contributed by atoms with van der Waals surface area (Å²) in [5, 5.41) is 12.4. The highest BCUT2D eigenvalue weighted by atomic mass is 32.2. The van der Waals surface area contributed by atoms with Crippen LogP contribution < -0.4 is 4.72 Å². The number of hydrogen-bond donors (Lipinski definition) is 2. The van der Waals surface area contributed by atoms with Crippen molar-refractivity contribution in [3.63, 3.8) is 0 Å². The molecule has 1 atom stereocenters. The van der Waals surface area contributed by atoms with E-state index in [-0.39, 0.29) is 6.54 Å². The number of nitrogens with zero attached hydrogens (tertiary/aromatic N) is 1. The van der Waals surface area contributed by atoms with E-state index in [1.807, 2.05) is 42.5 Å². The van der Waals surface area contributed by atoms with Crippen LogP contribution in [0.3, 0.4) is 0 Å². The van der Waals surface area contributed by atoms with E-state index >= 15 is 0 Å². The van der Waals surface area contributed by atoms with Gasteiger partial charge in [0, 0.05) is 19.6 Å². The van der Waals surface area contributed by atoms with Crippen molar-refractivity contribution >= 4 is 21.0 Å². The minimum absolute atomic E-state index is 0.0167. The summed E-state index contributed by atoms with van der Waals surface area (Å²) >= 11 is 0. The van der Waals surface area contributed by atoms with E-state index in [0.29, 0.717) is 18.7 Å².